The topological polar surface area (TPSA) is 75.4 Å². The molecule has 1 aromatic carbocycles. The van der Waals surface area contributed by atoms with Gasteiger partial charge in [-0.2, -0.15) is 0 Å². The number of nitrogens with zero attached hydrogens (tertiary/aromatic N) is 3. The van der Waals surface area contributed by atoms with E-state index in [4.69, 9.17) is 0 Å². The summed E-state index contributed by atoms with van der Waals surface area (Å²) in [5, 5.41) is 9.83. The molecule has 0 unspecified atom stereocenters. The lowest BCUT2D eigenvalue weighted by atomic mass is 10.0. The summed E-state index contributed by atoms with van der Waals surface area (Å²) in [5.41, 5.74) is 0.693. The highest BCUT2D eigenvalue weighted by atomic mass is 32.1. The fraction of sp³-hybridized carbons (Fsp3) is 0.381. The Labute approximate surface area is 171 Å². The molecule has 3 heterocycles. The first-order valence-corrected chi connectivity index (χ1v) is 10.4. The molecule has 0 bridgehead atoms. The predicted octanol–water partition coefficient (Wildman–Crippen LogP) is 3.46. The number of aryl methyl sites for hydroxylation is 1. The van der Waals surface area contributed by atoms with Crippen LogP contribution in [0.2, 0.25) is 0 Å². The molecule has 0 radical (unpaired) electrons. The Morgan fingerprint density at radius 3 is 2.66 bits per heavy atom. The molecule has 29 heavy (non-hydrogen) atoms. The van der Waals surface area contributed by atoms with E-state index in [0.717, 1.165) is 37.3 Å². The summed E-state index contributed by atoms with van der Waals surface area (Å²) >= 11 is 1.00. The zero-order valence-electron chi connectivity index (χ0n) is 16.3. The molecule has 0 spiro atoms. The largest absolute Gasteiger partial charge is 0.477 e. The molecule has 152 valence electrons. The van der Waals surface area contributed by atoms with Gasteiger partial charge in [-0.1, -0.05) is 18.2 Å². The fourth-order valence-corrected chi connectivity index (χ4v) is 5.04. The maximum atomic E-state index is 14.3. The van der Waals surface area contributed by atoms with Gasteiger partial charge in [0.2, 0.25) is 0 Å². The van der Waals surface area contributed by atoms with Crippen LogP contribution < -0.4 is 5.56 Å². The Morgan fingerprint density at radius 1 is 1.31 bits per heavy atom. The number of likely N-dealkylation sites (tertiary alicyclic amines) is 1. The number of aromatic nitrogens is 2. The summed E-state index contributed by atoms with van der Waals surface area (Å²) in [6.07, 6.45) is 1.77. The number of hydrogen-bond acceptors (Lipinski definition) is 5. The van der Waals surface area contributed by atoms with Crippen molar-refractivity contribution in [3.8, 4) is 0 Å². The molecule has 1 saturated heterocycles. The van der Waals surface area contributed by atoms with Gasteiger partial charge in [-0.15, -0.1) is 11.3 Å². The van der Waals surface area contributed by atoms with Gasteiger partial charge in [0.15, 0.2) is 0 Å². The standard InChI is InChI=1S/C21H22FN3O3S/c1-12-17-19(29-18(12)21(27)28)23-16(11-13-5-3-4-6-15(13)22)25(20(17)26)14-7-9-24(2)10-8-14/h3-6,14H,7-11H2,1-2H3,(H,27,28). The van der Waals surface area contributed by atoms with Crippen LogP contribution in [-0.4, -0.2) is 45.7 Å². The number of halogens is 1. The molecule has 8 heteroatoms. The lowest BCUT2D eigenvalue weighted by Crippen LogP contribution is -2.37. The Morgan fingerprint density at radius 2 is 2.00 bits per heavy atom. The molecule has 6 nitrogen and oxygen atoms in total. The third-order valence-electron chi connectivity index (χ3n) is 5.62. The van der Waals surface area contributed by atoms with Crippen LogP contribution in [0.1, 0.15) is 45.5 Å². The van der Waals surface area contributed by atoms with E-state index in [1.807, 2.05) is 7.05 Å². The van der Waals surface area contributed by atoms with Crippen molar-refractivity contribution in [2.45, 2.75) is 32.2 Å². The van der Waals surface area contributed by atoms with Crippen molar-refractivity contribution in [2.24, 2.45) is 0 Å². The van der Waals surface area contributed by atoms with Gasteiger partial charge in [0.05, 0.1) is 5.39 Å². The van der Waals surface area contributed by atoms with E-state index < -0.39 is 5.97 Å². The summed E-state index contributed by atoms with van der Waals surface area (Å²) in [6, 6.07) is 6.43. The number of aromatic carboxylic acids is 1. The highest BCUT2D eigenvalue weighted by Crippen LogP contribution is 2.30. The maximum absolute atomic E-state index is 14.3. The molecule has 3 aromatic rings. The van der Waals surface area contributed by atoms with Crippen molar-refractivity contribution < 1.29 is 14.3 Å². The number of carboxylic acids is 1. The van der Waals surface area contributed by atoms with E-state index in [9.17, 15) is 19.1 Å². The maximum Gasteiger partial charge on any atom is 0.346 e. The fourth-order valence-electron chi connectivity index (χ4n) is 4.01. The summed E-state index contributed by atoms with van der Waals surface area (Å²) in [4.78, 5) is 32.5. The normalized spacial score (nSPS) is 15.8. The minimum absolute atomic E-state index is 0.0371. The lowest BCUT2D eigenvalue weighted by Gasteiger charge is -2.31. The van der Waals surface area contributed by atoms with E-state index in [0.29, 0.717) is 27.2 Å². The van der Waals surface area contributed by atoms with E-state index in [1.165, 1.54) is 6.07 Å². The molecule has 2 aromatic heterocycles. The lowest BCUT2D eigenvalue weighted by molar-refractivity contribution is 0.0701. The molecule has 0 saturated carbocycles. The number of fused-ring (bicyclic) bond motifs is 1. The van der Waals surface area contributed by atoms with Crippen LogP contribution in [0.5, 0.6) is 0 Å². The van der Waals surface area contributed by atoms with Crippen molar-refractivity contribution in [3.63, 3.8) is 0 Å². The molecule has 1 N–H and O–H groups in total. The SMILES string of the molecule is Cc1c(C(=O)O)sc2nc(Cc3ccccc3F)n(C3CCN(C)CC3)c(=O)c12. The Kier molecular flexibility index (Phi) is 5.23. The van der Waals surface area contributed by atoms with Gasteiger partial charge in [-0.05, 0) is 57.1 Å². The van der Waals surface area contributed by atoms with Crippen LogP contribution in [-0.2, 0) is 6.42 Å². The molecule has 4 rings (SSSR count). The summed E-state index contributed by atoms with van der Waals surface area (Å²) in [7, 11) is 2.04. The second-order valence-electron chi connectivity index (χ2n) is 7.55. The van der Waals surface area contributed by atoms with Crippen LogP contribution >= 0.6 is 11.3 Å². The van der Waals surface area contributed by atoms with E-state index in [-0.39, 0.29) is 28.7 Å². The first kappa shape index (κ1) is 19.7. The van der Waals surface area contributed by atoms with Gasteiger partial charge in [0, 0.05) is 12.5 Å². The highest BCUT2D eigenvalue weighted by Gasteiger charge is 2.26. The second kappa shape index (κ2) is 7.68. The van der Waals surface area contributed by atoms with Gasteiger partial charge in [0.1, 0.15) is 21.3 Å². The van der Waals surface area contributed by atoms with Crippen molar-refractivity contribution in [1.82, 2.24) is 14.5 Å². The first-order chi connectivity index (χ1) is 13.9. The third-order valence-corrected chi connectivity index (χ3v) is 6.80. The van der Waals surface area contributed by atoms with Gasteiger partial charge in [-0.25, -0.2) is 14.2 Å². The van der Waals surface area contributed by atoms with Crippen LogP contribution in [0.25, 0.3) is 10.2 Å². The quantitative estimate of drug-likeness (QED) is 0.706. The zero-order valence-corrected chi connectivity index (χ0v) is 17.1. The molecular formula is C21H22FN3O3S. The number of thiophene rings is 1. The van der Waals surface area contributed by atoms with Gasteiger partial charge < -0.3 is 10.0 Å². The molecular weight excluding hydrogens is 393 g/mol. The van der Waals surface area contributed by atoms with Crippen LogP contribution in [0, 0.1) is 12.7 Å². The van der Waals surface area contributed by atoms with E-state index in [1.54, 1.807) is 29.7 Å². The summed E-state index contributed by atoms with van der Waals surface area (Å²) < 4.78 is 16.0. The number of benzene rings is 1. The van der Waals surface area contributed by atoms with Crippen LogP contribution in [0.15, 0.2) is 29.1 Å². The molecule has 0 aliphatic carbocycles. The molecule has 0 amide bonds. The minimum atomic E-state index is -1.06. The second-order valence-corrected chi connectivity index (χ2v) is 8.55. The summed E-state index contributed by atoms with van der Waals surface area (Å²) in [5.74, 6) is -0.919. The van der Waals surface area contributed by atoms with E-state index >= 15 is 0 Å². The molecule has 1 aliphatic heterocycles. The van der Waals surface area contributed by atoms with Crippen LogP contribution in [0.3, 0.4) is 0 Å². The molecule has 0 atom stereocenters. The molecule has 1 aliphatic rings. The zero-order chi connectivity index (χ0) is 20.7. The third kappa shape index (κ3) is 3.58. The van der Waals surface area contributed by atoms with Gasteiger partial charge >= 0.3 is 5.97 Å². The van der Waals surface area contributed by atoms with Crippen molar-refractivity contribution in [1.29, 1.82) is 0 Å². The average Bonchev–Trinajstić information content (AvgIpc) is 3.02. The Balaban J connectivity index is 1.92. The average molecular weight is 415 g/mol. The number of carboxylic acid groups (broad SMARTS) is 1. The van der Waals surface area contributed by atoms with Crippen molar-refractivity contribution in [2.75, 3.05) is 20.1 Å². The van der Waals surface area contributed by atoms with Gasteiger partial charge in [-0.3, -0.25) is 9.36 Å². The first-order valence-electron chi connectivity index (χ1n) is 9.56. The number of rotatable bonds is 4. The highest BCUT2D eigenvalue weighted by molar-refractivity contribution is 7.20. The van der Waals surface area contributed by atoms with Crippen LogP contribution in [0.4, 0.5) is 4.39 Å². The number of piperidine rings is 1. The number of carbonyl (C=O) groups is 1. The van der Waals surface area contributed by atoms with Crippen molar-refractivity contribution >= 4 is 27.5 Å². The van der Waals surface area contributed by atoms with Crippen molar-refractivity contribution in [3.05, 3.63) is 62.3 Å². The number of hydrogen-bond donors (Lipinski definition) is 1. The Bertz CT molecular complexity index is 1150. The monoisotopic (exact) mass is 415 g/mol. The van der Waals surface area contributed by atoms with Gasteiger partial charge in [0.25, 0.3) is 5.56 Å². The Hall–Kier alpha value is -2.58. The smallest absolute Gasteiger partial charge is 0.346 e. The summed E-state index contributed by atoms with van der Waals surface area (Å²) in [6.45, 7) is 3.37. The predicted molar refractivity (Wildman–Crippen MR) is 111 cm³/mol. The molecule has 1 fully saturated rings. The minimum Gasteiger partial charge on any atom is -0.477 e. The van der Waals surface area contributed by atoms with E-state index in [2.05, 4.69) is 9.88 Å².